The Labute approximate surface area is 118 Å². The van der Waals surface area contributed by atoms with E-state index >= 15 is 0 Å². The Morgan fingerprint density at radius 2 is 2.00 bits per heavy atom. The Hall–Kier alpha value is -0.410. The van der Waals surface area contributed by atoms with Gasteiger partial charge in [-0.15, -0.1) is 0 Å². The van der Waals surface area contributed by atoms with E-state index in [1.165, 1.54) is 0 Å². The highest BCUT2D eigenvalue weighted by atomic mass is 79.9. The third kappa shape index (κ3) is 4.69. The predicted octanol–water partition coefficient (Wildman–Crippen LogP) is 5.07. The van der Waals surface area contributed by atoms with E-state index in [1.54, 1.807) is 6.07 Å². The molecule has 0 radical (unpaired) electrons. The van der Waals surface area contributed by atoms with Crippen molar-refractivity contribution in [1.82, 2.24) is 5.32 Å². The summed E-state index contributed by atoms with van der Waals surface area (Å²) < 4.78 is 14.7. The molecule has 102 valence electrons. The van der Waals surface area contributed by atoms with Crippen LogP contribution >= 0.6 is 15.9 Å². The van der Waals surface area contributed by atoms with Crippen LogP contribution in [-0.2, 0) is 0 Å². The van der Waals surface area contributed by atoms with Crippen LogP contribution < -0.4 is 5.32 Å². The minimum atomic E-state index is -0.143. The van der Waals surface area contributed by atoms with Crippen LogP contribution in [0.4, 0.5) is 4.39 Å². The highest BCUT2D eigenvalue weighted by Gasteiger charge is 2.22. The number of nitrogens with one attached hydrogen (secondary N) is 1. The van der Waals surface area contributed by atoms with Crippen molar-refractivity contribution in [3.8, 4) is 0 Å². The monoisotopic (exact) mass is 315 g/mol. The van der Waals surface area contributed by atoms with Gasteiger partial charge in [-0.05, 0) is 46.8 Å². The molecule has 18 heavy (non-hydrogen) atoms. The second-order valence-corrected chi connectivity index (χ2v) is 6.77. The molecule has 0 aliphatic carbocycles. The summed E-state index contributed by atoms with van der Waals surface area (Å²) in [6, 6.07) is 5.58. The molecule has 0 saturated carbocycles. The molecule has 3 heteroatoms. The maximum absolute atomic E-state index is 14.2. The maximum Gasteiger partial charge on any atom is 0.142 e. The van der Waals surface area contributed by atoms with E-state index in [2.05, 4.69) is 48.9 Å². The number of halogens is 2. The summed E-state index contributed by atoms with van der Waals surface area (Å²) in [5.74, 6) is -0.143. The number of hydrogen-bond donors (Lipinski definition) is 1. The van der Waals surface area contributed by atoms with Crippen LogP contribution in [0.2, 0.25) is 0 Å². The van der Waals surface area contributed by atoms with Gasteiger partial charge in [0.2, 0.25) is 0 Å². The Balaban J connectivity index is 2.97. The lowest BCUT2D eigenvalue weighted by atomic mass is 9.85. The van der Waals surface area contributed by atoms with Crippen molar-refractivity contribution in [2.24, 2.45) is 5.41 Å². The molecule has 1 N–H and O–H groups in total. The third-order valence-corrected chi connectivity index (χ3v) is 3.43. The molecule has 0 fully saturated rings. The Bertz CT molecular complexity index is 385. The second kappa shape index (κ2) is 6.67. The van der Waals surface area contributed by atoms with E-state index in [0.29, 0.717) is 4.47 Å². The zero-order valence-corrected chi connectivity index (χ0v) is 13.3. The summed E-state index contributed by atoms with van der Waals surface area (Å²) >= 11 is 3.26. The topological polar surface area (TPSA) is 12.0 Å². The highest BCUT2D eigenvalue weighted by Crippen LogP contribution is 2.32. The fraction of sp³-hybridized carbons (Fsp3) is 0.600. The molecule has 1 atom stereocenters. The quantitative estimate of drug-likeness (QED) is 0.800. The minimum absolute atomic E-state index is 0.0717. The van der Waals surface area contributed by atoms with Crippen LogP contribution in [0.5, 0.6) is 0 Å². The lowest BCUT2D eigenvalue weighted by Crippen LogP contribution is -2.27. The zero-order chi connectivity index (χ0) is 13.8. The predicted molar refractivity (Wildman–Crippen MR) is 79.2 cm³/mol. The summed E-state index contributed by atoms with van der Waals surface area (Å²) in [6.07, 6.45) is 1.97. The summed E-state index contributed by atoms with van der Waals surface area (Å²) in [7, 11) is 0. The molecule has 0 bridgehead atoms. The molecule has 0 amide bonds. The van der Waals surface area contributed by atoms with Crippen LogP contribution in [-0.4, -0.2) is 6.54 Å². The van der Waals surface area contributed by atoms with Crippen LogP contribution in [0, 0.1) is 11.2 Å². The van der Waals surface area contributed by atoms with Crippen molar-refractivity contribution < 1.29 is 4.39 Å². The van der Waals surface area contributed by atoms with Gasteiger partial charge in [0, 0.05) is 11.6 Å². The lowest BCUT2D eigenvalue weighted by Gasteiger charge is -2.27. The van der Waals surface area contributed by atoms with E-state index < -0.39 is 0 Å². The number of rotatable bonds is 5. The summed E-state index contributed by atoms with van der Waals surface area (Å²) in [4.78, 5) is 0. The van der Waals surface area contributed by atoms with Gasteiger partial charge < -0.3 is 5.32 Å². The molecule has 0 aromatic heterocycles. The first-order valence-electron chi connectivity index (χ1n) is 6.52. The Morgan fingerprint density at radius 3 is 2.56 bits per heavy atom. The molecule has 0 aliphatic rings. The zero-order valence-electron chi connectivity index (χ0n) is 11.7. The van der Waals surface area contributed by atoms with Crippen LogP contribution in [0.1, 0.15) is 52.1 Å². The van der Waals surface area contributed by atoms with Crippen molar-refractivity contribution in [2.75, 3.05) is 6.54 Å². The van der Waals surface area contributed by atoms with Crippen molar-refractivity contribution in [1.29, 1.82) is 0 Å². The average molecular weight is 316 g/mol. The van der Waals surface area contributed by atoms with Crippen molar-refractivity contribution >= 4 is 15.9 Å². The van der Waals surface area contributed by atoms with Gasteiger partial charge in [0.05, 0.1) is 4.47 Å². The van der Waals surface area contributed by atoms with Gasteiger partial charge in [-0.3, -0.25) is 0 Å². The van der Waals surface area contributed by atoms with E-state index in [4.69, 9.17) is 0 Å². The molecule has 1 unspecified atom stereocenters. The van der Waals surface area contributed by atoms with Crippen molar-refractivity contribution in [2.45, 2.75) is 46.6 Å². The fourth-order valence-corrected chi connectivity index (χ4v) is 2.39. The van der Waals surface area contributed by atoms with E-state index in [-0.39, 0.29) is 17.3 Å². The second-order valence-electron chi connectivity index (χ2n) is 5.91. The normalized spacial score (nSPS) is 13.7. The molecule has 0 spiro atoms. The van der Waals surface area contributed by atoms with E-state index in [9.17, 15) is 4.39 Å². The van der Waals surface area contributed by atoms with Crippen molar-refractivity contribution in [3.05, 3.63) is 34.1 Å². The molecule has 0 heterocycles. The average Bonchev–Trinajstić information content (AvgIpc) is 2.27. The molecule has 1 aromatic rings. The van der Waals surface area contributed by atoms with Gasteiger partial charge in [-0.25, -0.2) is 4.39 Å². The largest absolute Gasteiger partial charge is 0.310 e. The molecule has 0 aliphatic heterocycles. The summed E-state index contributed by atoms with van der Waals surface area (Å²) in [5, 5.41) is 3.45. The Morgan fingerprint density at radius 1 is 1.33 bits per heavy atom. The molecule has 1 aromatic carbocycles. The van der Waals surface area contributed by atoms with E-state index in [0.717, 1.165) is 24.9 Å². The van der Waals surface area contributed by atoms with Gasteiger partial charge in [-0.2, -0.15) is 0 Å². The van der Waals surface area contributed by atoms with Gasteiger partial charge in [-0.1, -0.05) is 39.8 Å². The molecular weight excluding hydrogens is 293 g/mol. The first-order valence-corrected chi connectivity index (χ1v) is 7.31. The third-order valence-electron chi connectivity index (χ3n) is 2.81. The number of benzene rings is 1. The standard InChI is InChI=1S/C15H23BrFN/c1-5-9-18-13(10-15(2,3)4)11-7-6-8-12(16)14(11)17/h6-8,13,18H,5,9-10H2,1-4H3. The lowest BCUT2D eigenvalue weighted by molar-refractivity contribution is 0.307. The smallest absolute Gasteiger partial charge is 0.142 e. The Kier molecular flexibility index (Phi) is 5.80. The first-order chi connectivity index (χ1) is 8.35. The molecular formula is C15H23BrFN. The highest BCUT2D eigenvalue weighted by molar-refractivity contribution is 9.10. The summed E-state index contributed by atoms with van der Waals surface area (Å²) in [5.41, 5.74) is 0.924. The van der Waals surface area contributed by atoms with Crippen LogP contribution in [0.15, 0.2) is 22.7 Å². The van der Waals surface area contributed by atoms with Gasteiger partial charge in [0.15, 0.2) is 0 Å². The molecule has 1 nitrogen and oxygen atoms in total. The van der Waals surface area contributed by atoms with Crippen LogP contribution in [0.25, 0.3) is 0 Å². The number of hydrogen-bond acceptors (Lipinski definition) is 1. The minimum Gasteiger partial charge on any atom is -0.310 e. The SMILES string of the molecule is CCCNC(CC(C)(C)C)c1cccc(Br)c1F. The van der Waals surface area contributed by atoms with Crippen LogP contribution in [0.3, 0.4) is 0 Å². The maximum atomic E-state index is 14.2. The van der Waals surface area contributed by atoms with Gasteiger partial charge in [0.25, 0.3) is 0 Å². The van der Waals surface area contributed by atoms with E-state index in [1.807, 2.05) is 12.1 Å². The first kappa shape index (κ1) is 15.6. The summed E-state index contributed by atoms with van der Waals surface area (Å²) in [6.45, 7) is 9.58. The molecule has 0 saturated heterocycles. The van der Waals surface area contributed by atoms with Crippen molar-refractivity contribution in [3.63, 3.8) is 0 Å². The fourth-order valence-electron chi connectivity index (χ4n) is 2.01. The van der Waals surface area contributed by atoms with Gasteiger partial charge in [0.1, 0.15) is 5.82 Å². The molecule has 1 rings (SSSR count). The van der Waals surface area contributed by atoms with Gasteiger partial charge >= 0.3 is 0 Å².